The molecular weight excluding hydrogens is 344 g/mol. The fraction of sp³-hybridized carbons (Fsp3) is 0.100. The van der Waals surface area contributed by atoms with Gasteiger partial charge in [-0.05, 0) is 43.3 Å². The van der Waals surface area contributed by atoms with Crippen molar-refractivity contribution in [2.45, 2.75) is 6.92 Å². The summed E-state index contributed by atoms with van der Waals surface area (Å²) in [6, 6.07) is 17.5. The van der Waals surface area contributed by atoms with Gasteiger partial charge in [-0.25, -0.2) is 4.79 Å². The van der Waals surface area contributed by atoms with Crippen molar-refractivity contribution in [2.24, 2.45) is 0 Å². The number of methoxy groups -OCH3 is 1. The molecule has 0 bridgehead atoms. The lowest BCUT2D eigenvalue weighted by molar-refractivity contribution is 0.0601. The molecule has 1 heterocycles. The third-order valence-electron chi connectivity index (χ3n) is 3.80. The molecule has 0 unspecified atom stereocenters. The van der Waals surface area contributed by atoms with Crippen molar-refractivity contribution < 1.29 is 14.3 Å². The first-order valence-electron chi connectivity index (χ1n) is 8.23. The molecule has 0 fully saturated rings. The average molecular weight is 362 g/mol. The molecule has 0 saturated carbocycles. The maximum atomic E-state index is 12.3. The van der Waals surface area contributed by atoms with Crippen LogP contribution < -0.4 is 10.6 Å². The van der Waals surface area contributed by atoms with Gasteiger partial charge in [0.15, 0.2) is 11.5 Å². The molecule has 2 aromatic carbocycles. The van der Waals surface area contributed by atoms with Gasteiger partial charge in [-0.3, -0.25) is 4.79 Å². The lowest BCUT2D eigenvalue weighted by Crippen LogP contribution is -2.14. The number of amides is 1. The number of nitrogens with one attached hydrogen (secondary N) is 2. The van der Waals surface area contributed by atoms with E-state index in [1.807, 2.05) is 31.2 Å². The third kappa shape index (κ3) is 4.46. The van der Waals surface area contributed by atoms with Gasteiger partial charge in [-0.2, -0.15) is 0 Å². The number of carbonyl (C=O) groups is 2. The van der Waals surface area contributed by atoms with Crippen molar-refractivity contribution in [2.75, 3.05) is 17.7 Å². The molecule has 1 aromatic heterocycles. The Morgan fingerprint density at radius 2 is 1.67 bits per heavy atom. The Morgan fingerprint density at radius 1 is 0.926 bits per heavy atom. The van der Waals surface area contributed by atoms with E-state index in [-0.39, 0.29) is 11.6 Å². The van der Waals surface area contributed by atoms with Crippen molar-refractivity contribution in [3.05, 3.63) is 77.5 Å². The van der Waals surface area contributed by atoms with Crippen LogP contribution in [0.2, 0.25) is 0 Å². The Bertz CT molecular complexity index is 954. The lowest BCUT2D eigenvalue weighted by atomic mass is 10.2. The molecule has 0 radical (unpaired) electrons. The van der Waals surface area contributed by atoms with Crippen LogP contribution in [-0.2, 0) is 4.74 Å². The number of carbonyl (C=O) groups excluding carboxylic acids is 2. The van der Waals surface area contributed by atoms with E-state index < -0.39 is 5.97 Å². The molecule has 0 aliphatic rings. The molecule has 7 heteroatoms. The second-order valence-electron chi connectivity index (χ2n) is 5.79. The average Bonchev–Trinajstić information content (AvgIpc) is 2.70. The van der Waals surface area contributed by atoms with Crippen molar-refractivity contribution in [3.8, 4) is 0 Å². The van der Waals surface area contributed by atoms with Gasteiger partial charge in [0.2, 0.25) is 0 Å². The van der Waals surface area contributed by atoms with E-state index in [9.17, 15) is 9.59 Å². The maximum absolute atomic E-state index is 12.3. The predicted molar refractivity (Wildman–Crippen MR) is 102 cm³/mol. The highest BCUT2D eigenvalue weighted by molar-refractivity contribution is 6.02. The van der Waals surface area contributed by atoms with E-state index >= 15 is 0 Å². The number of nitrogens with zero attached hydrogens (tertiary/aromatic N) is 2. The summed E-state index contributed by atoms with van der Waals surface area (Å²) in [7, 11) is 1.32. The third-order valence-corrected chi connectivity index (χ3v) is 3.80. The van der Waals surface area contributed by atoms with Gasteiger partial charge < -0.3 is 15.4 Å². The van der Waals surface area contributed by atoms with Crippen LogP contribution in [0.3, 0.4) is 0 Å². The van der Waals surface area contributed by atoms with Crippen molar-refractivity contribution in [1.82, 2.24) is 10.2 Å². The van der Waals surface area contributed by atoms with Crippen LogP contribution in [0.5, 0.6) is 0 Å². The number of anilines is 3. The van der Waals surface area contributed by atoms with Crippen LogP contribution in [0.4, 0.5) is 17.2 Å². The second kappa shape index (κ2) is 8.09. The lowest BCUT2D eigenvalue weighted by Gasteiger charge is -2.10. The normalized spacial score (nSPS) is 10.1. The second-order valence-corrected chi connectivity index (χ2v) is 5.79. The molecule has 0 aliphatic carbocycles. The highest BCUT2D eigenvalue weighted by Gasteiger charge is 2.13. The molecule has 3 rings (SSSR count). The van der Waals surface area contributed by atoms with Crippen molar-refractivity contribution >= 4 is 29.1 Å². The number of hydrogen-bond donors (Lipinski definition) is 2. The van der Waals surface area contributed by atoms with Gasteiger partial charge in [0.05, 0.1) is 18.4 Å². The van der Waals surface area contributed by atoms with E-state index in [1.54, 1.807) is 36.4 Å². The minimum Gasteiger partial charge on any atom is -0.465 e. The van der Waals surface area contributed by atoms with Crippen LogP contribution in [0.25, 0.3) is 0 Å². The van der Waals surface area contributed by atoms with E-state index in [0.717, 1.165) is 5.56 Å². The topological polar surface area (TPSA) is 93.2 Å². The van der Waals surface area contributed by atoms with Gasteiger partial charge in [0.25, 0.3) is 5.91 Å². The van der Waals surface area contributed by atoms with Crippen LogP contribution in [0, 0.1) is 6.92 Å². The molecule has 136 valence electrons. The summed E-state index contributed by atoms with van der Waals surface area (Å²) in [6.45, 7) is 1.97. The number of rotatable bonds is 5. The van der Waals surface area contributed by atoms with E-state index in [2.05, 4.69) is 20.8 Å². The highest BCUT2D eigenvalue weighted by Crippen LogP contribution is 2.20. The smallest absolute Gasteiger partial charge is 0.339 e. The van der Waals surface area contributed by atoms with Crippen LogP contribution in [-0.4, -0.2) is 29.2 Å². The molecule has 0 saturated heterocycles. The van der Waals surface area contributed by atoms with E-state index in [1.165, 1.54) is 7.11 Å². The quantitative estimate of drug-likeness (QED) is 0.674. The predicted octanol–water partition coefficient (Wildman–Crippen LogP) is 3.57. The number of hydrogen-bond acceptors (Lipinski definition) is 6. The molecule has 0 spiro atoms. The highest BCUT2D eigenvalue weighted by atomic mass is 16.5. The van der Waals surface area contributed by atoms with Gasteiger partial charge in [-0.1, -0.05) is 29.8 Å². The number of para-hydroxylation sites is 1. The van der Waals surface area contributed by atoms with Crippen molar-refractivity contribution in [3.63, 3.8) is 0 Å². The first kappa shape index (κ1) is 18.1. The summed E-state index contributed by atoms with van der Waals surface area (Å²) in [5.74, 6) is -0.411. The first-order chi connectivity index (χ1) is 13.1. The van der Waals surface area contributed by atoms with Crippen molar-refractivity contribution in [1.29, 1.82) is 0 Å². The molecule has 27 heavy (non-hydrogen) atoms. The summed E-state index contributed by atoms with van der Waals surface area (Å²) >= 11 is 0. The maximum Gasteiger partial charge on any atom is 0.339 e. The molecule has 0 atom stereocenters. The van der Waals surface area contributed by atoms with Gasteiger partial charge in [-0.15, -0.1) is 10.2 Å². The fourth-order valence-electron chi connectivity index (χ4n) is 2.37. The summed E-state index contributed by atoms with van der Waals surface area (Å²) in [5, 5.41) is 13.7. The monoisotopic (exact) mass is 362 g/mol. The number of benzene rings is 2. The largest absolute Gasteiger partial charge is 0.465 e. The van der Waals surface area contributed by atoms with E-state index in [0.29, 0.717) is 22.8 Å². The van der Waals surface area contributed by atoms with Gasteiger partial charge in [0.1, 0.15) is 0 Å². The van der Waals surface area contributed by atoms with Crippen LogP contribution >= 0.6 is 0 Å². The summed E-state index contributed by atoms with van der Waals surface area (Å²) in [5.41, 5.74) is 2.89. The Hall–Kier alpha value is -3.74. The molecule has 7 nitrogen and oxygen atoms in total. The zero-order valence-electron chi connectivity index (χ0n) is 14.9. The number of aromatic nitrogens is 2. The number of aryl methyl sites for hydroxylation is 1. The Morgan fingerprint density at radius 3 is 2.33 bits per heavy atom. The SMILES string of the molecule is COC(=O)c1ccccc1Nc1ccc(C(=O)Nc2ccc(C)cc2)nn1. The Labute approximate surface area is 156 Å². The Kier molecular flexibility index (Phi) is 5.41. The standard InChI is InChI=1S/C20H18N4O3/c1-13-7-9-14(10-8-13)21-19(25)17-11-12-18(24-23-17)22-16-6-4-3-5-15(16)20(26)27-2/h3-12H,1-2H3,(H,21,25)(H,22,24). The minimum absolute atomic E-state index is 0.183. The molecular formula is C20H18N4O3. The van der Waals surface area contributed by atoms with Gasteiger partial charge in [0, 0.05) is 5.69 Å². The molecule has 1 amide bonds. The molecule has 2 N–H and O–H groups in total. The summed E-state index contributed by atoms with van der Waals surface area (Å²) in [6.07, 6.45) is 0. The zero-order valence-corrected chi connectivity index (χ0v) is 14.9. The van der Waals surface area contributed by atoms with E-state index in [4.69, 9.17) is 4.74 Å². The van der Waals surface area contributed by atoms with Gasteiger partial charge >= 0.3 is 5.97 Å². The number of esters is 1. The number of ether oxygens (including phenoxy) is 1. The first-order valence-corrected chi connectivity index (χ1v) is 8.23. The van der Waals surface area contributed by atoms with Crippen LogP contribution in [0.1, 0.15) is 26.4 Å². The zero-order chi connectivity index (χ0) is 19.2. The molecule has 3 aromatic rings. The summed E-state index contributed by atoms with van der Waals surface area (Å²) < 4.78 is 4.76. The fourth-order valence-corrected chi connectivity index (χ4v) is 2.37. The summed E-state index contributed by atoms with van der Waals surface area (Å²) in [4.78, 5) is 24.1. The Balaban J connectivity index is 1.71. The molecule has 0 aliphatic heterocycles. The van der Waals surface area contributed by atoms with Crippen LogP contribution in [0.15, 0.2) is 60.7 Å². The minimum atomic E-state index is -0.458.